The normalized spacial score (nSPS) is 22.8. The summed E-state index contributed by atoms with van der Waals surface area (Å²) >= 11 is 6.02. The molecular formula is C15H22ClNO2. The topological polar surface area (TPSA) is 41.5 Å². The number of halogens is 1. The summed E-state index contributed by atoms with van der Waals surface area (Å²) < 4.78 is 5.21. The second-order valence-corrected chi connectivity index (χ2v) is 5.88. The first-order valence-electron chi connectivity index (χ1n) is 6.83. The minimum atomic E-state index is -0.868. The molecule has 0 aromatic heterocycles. The van der Waals surface area contributed by atoms with Crippen LogP contribution in [0.1, 0.15) is 38.2 Å². The van der Waals surface area contributed by atoms with Crippen LogP contribution >= 0.6 is 11.6 Å². The van der Waals surface area contributed by atoms with Crippen molar-refractivity contribution in [3.63, 3.8) is 0 Å². The molecule has 1 aliphatic heterocycles. The summed E-state index contributed by atoms with van der Waals surface area (Å²) in [5.74, 6) is 0.607. The van der Waals surface area contributed by atoms with E-state index in [9.17, 15) is 5.11 Å². The second-order valence-electron chi connectivity index (χ2n) is 5.47. The van der Waals surface area contributed by atoms with Crippen molar-refractivity contribution >= 4 is 11.6 Å². The van der Waals surface area contributed by atoms with Gasteiger partial charge in [-0.25, -0.2) is 0 Å². The van der Waals surface area contributed by atoms with Crippen LogP contribution < -0.4 is 10.1 Å². The molecule has 2 rings (SSSR count). The van der Waals surface area contributed by atoms with E-state index in [-0.39, 0.29) is 0 Å². The molecule has 0 bridgehead atoms. The average Bonchev–Trinajstić information content (AvgIpc) is 2.39. The number of nitrogens with one attached hydrogen (secondary N) is 1. The van der Waals surface area contributed by atoms with Gasteiger partial charge in [0.05, 0.1) is 17.7 Å². The quantitative estimate of drug-likeness (QED) is 0.892. The Labute approximate surface area is 119 Å². The highest BCUT2D eigenvalue weighted by Crippen LogP contribution is 2.33. The van der Waals surface area contributed by atoms with E-state index in [1.54, 1.807) is 13.2 Å². The lowest BCUT2D eigenvalue weighted by molar-refractivity contribution is 0.0330. The van der Waals surface area contributed by atoms with E-state index in [0.29, 0.717) is 23.2 Å². The van der Waals surface area contributed by atoms with E-state index in [0.717, 1.165) is 18.5 Å². The highest BCUT2D eigenvalue weighted by atomic mass is 35.5. The fourth-order valence-corrected chi connectivity index (χ4v) is 2.89. The summed E-state index contributed by atoms with van der Waals surface area (Å²) in [5.41, 5.74) is -0.0199. The molecule has 0 amide bonds. The third kappa shape index (κ3) is 3.62. The van der Waals surface area contributed by atoms with Crippen molar-refractivity contribution in [2.24, 2.45) is 0 Å². The number of rotatable bonds is 4. The van der Waals surface area contributed by atoms with E-state index in [4.69, 9.17) is 16.3 Å². The van der Waals surface area contributed by atoms with Crippen molar-refractivity contribution in [1.29, 1.82) is 0 Å². The summed E-state index contributed by atoms with van der Waals surface area (Å²) in [4.78, 5) is 0. The van der Waals surface area contributed by atoms with Crippen LogP contribution in [0.3, 0.4) is 0 Å². The second kappa shape index (κ2) is 6.12. The molecule has 2 atom stereocenters. The molecule has 19 heavy (non-hydrogen) atoms. The van der Waals surface area contributed by atoms with Crippen molar-refractivity contribution in [3.8, 4) is 5.75 Å². The molecule has 1 saturated heterocycles. The first kappa shape index (κ1) is 14.6. The molecule has 2 unspecified atom stereocenters. The van der Waals surface area contributed by atoms with Crippen molar-refractivity contribution in [2.45, 2.75) is 44.2 Å². The van der Waals surface area contributed by atoms with Crippen LogP contribution in [0.25, 0.3) is 0 Å². The molecule has 2 N–H and O–H groups in total. The number of piperidine rings is 1. The molecule has 3 nitrogen and oxygen atoms in total. The van der Waals surface area contributed by atoms with Crippen LogP contribution in [0.2, 0.25) is 5.02 Å². The molecule has 1 fully saturated rings. The molecule has 1 aliphatic rings. The SMILES string of the molecule is COc1cc(C(C)(O)CC2CCCCN2)ccc1Cl. The number of hydrogen-bond acceptors (Lipinski definition) is 3. The summed E-state index contributed by atoms with van der Waals surface area (Å²) in [6, 6.07) is 5.85. The van der Waals surface area contributed by atoms with Crippen molar-refractivity contribution in [2.75, 3.05) is 13.7 Å². The van der Waals surface area contributed by atoms with Crippen molar-refractivity contribution < 1.29 is 9.84 Å². The number of benzene rings is 1. The van der Waals surface area contributed by atoms with Crippen LogP contribution in [0.5, 0.6) is 5.75 Å². The van der Waals surface area contributed by atoms with Gasteiger partial charge in [0.25, 0.3) is 0 Å². The Hall–Kier alpha value is -0.770. The number of hydrogen-bond donors (Lipinski definition) is 2. The van der Waals surface area contributed by atoms with Gasteiger partial charge in [0.1, 0.15) is 5.75 Å². The molecule has 0 saturated carbocycles. The van der Waals surface area contributed by atoms with Gasteiger partial charge in [-0.1, -0.05) is 24.1 Å². The van der Waals surface area contributed by atoms with Crippen LogP contribution in [0, 0.1) is 0 Å². The molecule has 0 aliphatic carbocycles. The molecule has 1 aromatic rings. The van der Waals surface area contributed by atoms with Crippen LogP contribution in [-0.2, 0) is 5.60 Å². The van der Waals surface area contributed by atoms with Crippen LogP contribution in [0.15, 0.2) is 18.2 Å². The highest BCUT2D eigenvalue weighted by Gasteiger charge is 2.28. The van der Waals surface area contributed by atoms with Gasteiger partial charge in [-0.15, -0.1) is 0 Å². The van der Waals surface area contributed by atoms with E-state index in [1.807, 2.05) is 19.1 Å². The molecule has 4 heteroatoms. The minimum absolute atomic E-state index is 0.380. The lowest BCUT2D eigenvalue weighted by atomic mass is 9.86. The van der Waals surface area contributed by atoms with Gasteiger partial charge in [-0.2, -0.15) is 0 Å². The third-order valence-electron chi connectivity index (χ3n) is 3.83. The Balaban J connectivity index is 2.13. The van der Waals surface area contributed by atoms with Crippen LogP contribution in [0.4, 0.5) is 0 Å². The highest BCUT2D eigenvalue weighted by molar-refractivity contribution is 6.32. The maximum atomic E-state index is 10.7. The van der Waals surface area contributed by atoms with E-state index < -0.39 is 5.60 Å². The Morgan fingerprint density at radius 3 is 2.89 bits per heavy atom. The van der Waals surface area contributed by atoms with Gasteiger partial charge in [0.15, 0.2) is 0 Å². The predicted octanol–water partition coefficient (Wildman–Crippen LogP) is 3.09. The van der Waals surface area contributed by atoms with Crippen LogP contribution in [-0.4, -0.2) is 24.8 Å². The number of methoxy groups -OCH3 is 1. The lowest BCUT2D eigenvalue weighted by Gasteiger charge is -2.32. The van der Waals surface area contributed by atoms with Gasteiger partial charge in [-0.05, 0) is 50.4 Å². The fraction of sp³-hybridized carbons (Fsp3) is 0.600. The molecule has 0 spiro atoms. The largest absolute Gasteiger partial charge is 0.495 e. The summed E-state index contributed by atoms with van der Waals surface area (Å²) in [6.45, 7) is 2.90. The minimum Gasteiger partial charge on any atom is -0.495 e. The maximum absolute atomic E-state index is 10.7. The fourth-order valence-electron chi connectivity index (χ4n) is 2.69. The monoisotopic (exact) mass is 283 g/mol. The molecule has 1 aromatic carbocycles. The molecule has 106 valence electrons. The van der Waals surface area contributed by atoms with Gasteiger partial charge >= 0.3 is 0 Å². The zero-order valence-corrected chi connectivity index (χ0v) is 12.3. The first-order chi connectivity index (χ1) is 9.03. The standard InChI is InChI=1S/C15H22ClNO2/c1-15(18,10-12-5-3-4-8-17-12)11-6-7-13(16)14(9-11)19-2/h6-7,9,12,17-18H,3-5,8,10H2,1-2H3. The molecule has 0 radical (unpaired) electrons. The Bertz CT molecular complexity index is 428. The van der Waals surface area contributed by atoms with E-state index >= 15 is 0 Å². The van der Waals surface area contributed by atoms with Crippen molar-refractivity contribution in [1.82, 2.24) is 5.32 Å². The van der Waals surface area contributed by atoms with Gasteiger partial charge in [0.2, 0.25) is 0 Å². The number of aliphatic hydroxyl groups is 1. The van der Waals surface area contributed by atoms with Crippen molar-refractivity contribution in [3.05, 3.63) is 28.8 Å². The Morgan fingerprint density at radius 1 is 1.47 bits per heavy atom. The van der Waals surface area contributed by atoms with Gasteiger partial charge in [-0.3, -0.25) is 0 Å². The smallest absolute Gasteiger partial charge is 0.137 e. The summed E-state index contributed by atoms with van der Waals surface area (Å²) in [6.07, 6.45) is 4.30. The third-order valence-corrected chi connectivity index (χ3v) is 4.14. The Kier molecular flexibility index (Phi) is 4.71. The molecule has 1 heterocycles. The first-order valence-corrected chi connectivity index (χ1v) is 7.20. The Morgan fingerprint density at radius 2 is 2.26 bits per heavy atom. The lowest BCUT2D eigenvalue weighted by Crippen LogP contribution is -2.39. The van der Waals surface area contributed by atoms with Gasteiger partial charge in [0, 0.05) is 6.04 Å². The summed E-state index contributed by atoms with van der Waals surface area (Å²) in [5, 5.41) is 14.7. The number of ether oxygens (including phenoxy) is 1. The van der Waals surface area contributed by atoms with Gasteiger partial charge < -0.3 is 15.2 Å². The zero-order valence-electron chi connectivity index (χ0n) is 11.6. The van der Waals surface area contributed by atoms with E-state index in [2.05, 4.69) is 5.32 Å². The predicted molar refractivity (Wildman–Crippen MR) is 77.8 cm³/mol. The van der Waals surface area contributed by atoms with E-state index in [1.165, 1.54) is 12.8 Å². The average molecular weight is 284 g/mol. The zero-order chi connectivity index (χ0) is 13.9. The maximum Gasteiger partial charge on any atom is 0.137 e. The summed E-state index contributed by atoms with van der Waals surface area (Å²) in [7, 11) is 1.59. The molecular weight excluding hydrogens is 262 g/mol.